The zero-order valence-electron chi connectivity index (χ0n) is 41.3. The summed E-state index contributed by atoms with van der Waals surface area (Å²) in [4.78, 5) is 91.0. The molecule has 0 radical (unpaired) electrons. The lowest BCUT2D eigenvalue weighted by Crippen LogP contribution is -2.32. The first-order valence-corrected chi connectivity index (χ1v) is 23.6. The van der Waals surface area contributed by atoms with Crippen molar-refractivity contribution < 1.29 is 90.0 Å². The van der Waals surface area contributed by atoms with E-state index in [1.54, 1.807) is 10.9 Å². The van der Waals surface area contributed by atoms with Gasteiger partial charge >= 0.3 is 18.4 Å². The Labute approximate surface area is 431 Å². The fourth-order valence-corrected chi connectivity index (χ4v) is 6.90. The van der Waals surface area contributed by atoms with Crippen LogP contribution >= 0.6 is 0 Å². The van der Waals surface area contributed by atoms with Crippen LogP contribution in [0.1, 0.15) is 84.4 Å². The molecule has 1 aliphatic rings. The van der Waals surface area contributed by atoms with Gasteiger partial charge in [0.2, 0.25) is 11.8 Å². The van der Waals surface area contributed by atoms with Gasteiger partial charge in [0.05, 0.1) is 82.1 Å². The third-order valence-electron chi connectivity index (χ3n) is 10.6. The number of nitro benzene ring substituents is 1. The second-order valence-corrected chi connectivity index (χ2v) is 16.3. The Morgan fingerprint density at radius 3 is 2.29 bits per heavy atom. The molecule has 3 heterocycles. The van der Waals surface area contributed by atoms with E-state index in [0.29, 0.717) is 64.8 Å². The molecule has 26 nitrogen and oxygen atoms in total. The number of unbranched alkanes of at least 4 members (excludes halogenated alkanes) is 1. The minimum atomic E-state index is -4.81. The van der Waals surface area contributed by atoms with E-state index in [0.717, 1.165) is 11.8 Å². The summed E-state index contributed by atoms with van der Waals surface area (Å²) in [5, 5.41) is 36.8. The molecule has 0 bridgehead atoms. The number of nitrogens with zero attached hydrogens (tertiary/aromatic N) is 6. The number of alkyl halides is 3. The normalized spacial score (nSPS) is 12.7. The molecule has 4 aromatic rings. The highest BCUT2D eigenvalue weighted by atomic mass is 19.4. The highest BCUT2D eigenvalue weighted by Gasteiger charge is 2.35. The zero-order chi connectivity index (χ0) is 55.0. The topological polar surface area (TPSA) is 323 Å². The number of amides is 5. The molecule has 29 heteroatoms. The van der Waals surface area contributed by atoms with Crippen molar-refractivity contribution in [3.63, 3.8) is 0 Å². The summed E-state index contributed by atoms with van der Waals surface area (Å²) in [6.45, 7) is 3.84. The number of nitrogens with one attached hydrogen (secondary N) is 3. The Hall–Kier alpha value is -8.18. The van der Waals surface area contributed by atoms with Gasteiger partial charge in [0.15, 0.2) is 11.5 Å². The van der Waals surface area contributed by atoms with Crippen molar-refractivity contribution in [2.24, 2.45) is 0 Å². The monoisotopic (exact) mass is 1080 g/mol. The first-order chi connectivity index (χ1) is 36.4. The van der Waals surface area contributed by atoms with Crippen LogP contribution < -0.4 is 30.2 Å². The summed E-state index contributed by atoms with van der Waals surface area (Å²) in [6.07, 6.45) is -5.06. The predicted octanol–water partition coefficient (Wildman–Crippen LogP) is 5.22. The lowest BCUT2D eigenvalue weighted by Gasteiger charge is -2.18. The van der Waals surface area contributed by atoms with Crippen molar-refractivity contribution in [3.05, 3.63) is 92.9 Å². The van der Waals surface area contributed by atoms with Crippen LogP contribution in [0, 0.1) is 10.1 Å². The highest BCUT2D eigenvalue weighted by Crippen LogP contribution is 2.39. The van der Waals surface area contributed by atoms with Gasteiger partial charge in [-0.2, -0.15) is 13.2 Å². The Balaban J connectivity index is 0.857. The van der Waals surface area contributed by atoms with Crippen molar-refractivity contribution in [3.8, 4) is 23.1 Å². The summed E-state index contributed by atoms with van der Waals surface area (Å²) in [5.74, 6) is -2.42. The summed E-state index contributed by atoms with van der Waals surface area (Å²) < 4.78 is 80.1. The molecule has 1 fully saturated rings. The van der Waals surface area contributed by atoms with Gasteiger partial charge in [0, 0.05) is 56.7 Å². The van der Waals surface area contributed by atoms with Crippen LogP contribution in [0.5, 0.6) is 23.1 Å². The molecule has 1 atom stereocenters. The molecule has 2 aromatic carbocycles. The number of benzene rings is 2. The smallest absolute Gasteiger partial charge is 0.493 e. The van der Waals surface area contributed by atoms with E-state index in [4.69, 9.17) is 38.3 Å². The molecule has 1 saturated heterocycles. The third-order valence-corrected chi connectivity index (χ3v) is 10.6. The number of halogens is 3. The molecular weight excluding hydrogens is 1020 g/mol. The van der Waals surface area contributed by atoms with E-state index in [9.17, 15) is 52.1 Å². The molecule has 1 aliphatic heterocycles. The number of carbonyl (C=O) groups is 6. The number of nitro groups is 1. The minimum absolute atomic E-state index is 0.00709. The van der Waals surface area contributed by atoms with Crippen LogP contribution in [-0.4, -0.2) is 137 Å². The predicted molar refractivity (Wildman–Crippen MR) is 253 cm³/mol. The van der Waals surface area contributed by atoms with Gasteiger partial charge in [-0.05, 0) is 68.5 Å². The van der Waals surface area contributed by atoms with Gasteiger partial charge in [0.25, 0.3) is 23.4 Å². The molecular formula is C47H56F3N9O17. The van der Waals surface area contributed by atoms with E-state index in [1.807, 2.05) is 5.32 Å². The number of hydrogen-bond donors (Lipinski definition) is 4. The number of imide groups is 1. The number of aromatic nitrogens is 4. The second-order valence-electron chi connectivity index (χ2n) is 16.3. The minimum Gasteiger partial charge on any atom is -0.493 e. The Morgan fingerprint density at radius 1 is 0.868 bits per heavy atom. The number of ether oxygens (including phenoxy) is 7. The SMILES string of the molecule is COc1cc(C(C)OC(=O)ON2C(=O)CCC2=O)c([N+](=O)[O-])cc1OCCCC(=O)NCCOCCOCCOCCn1cc(CCCCNC(=O)c2cccc(Oc3cc(CNC(=O)O)cc(C(F)(F)F)n3)c2)nn1. The van der Waals surface area contributed by atoms with Crippen molar-refractivity contribution in [2.45, 2.75) is 77.2 Å². The maximum Gasteiger partial charge on any atom is 0.534 e. The second kappa shape index (κ2) is 29.6. The lowest BCUT2D eigenvalue weighted by molar-refractivity contribution is -0.386. The fourth-order valence-electron chi connectivity index (χ4n) is 6.90. The van der Waals surface area contributed by atoms with Crippen LogP contribution in [0.25, 0.3) is 0 Å². The van der Waals surface area contributed by atoms with Gasteiger partial charge in [-0.15, -0.1) is 5.10 Å². The molecule has 4 N–H and O–H groups in total. The number of hydroxylamine groups is 2. The molecule has 412 valence electrons. The van der Waals surface area contributed by atoms with Crippen molar-refractivity contribution in [1.29, 1.82) is 0 Å². The number of carboxylic acid groups (broad SMARTS) is 1. The van der Waals surface area contributed by atoms with Gasteiger partial charge in [-0.3, -0.25) is 34.1 Å². The van der Waals surface area contributed by atoms with Crippen LogP contribution in [-0.2, 0) is 63.9 Å². The number of rotatable bonds is 32. The quantitative estimate of drug-likeness (QED) is 0.0160. The van der Waals surface area contributed by atoms with Gasteiger partial charge in [-0.25, -0.2) is 19.3 Å². The summed E-state index contributed by atoms with van der Waals surface area (Å²) >= 11 is 0. The third kappa shape index (κ3) is 19.6. The largest absolute Gasteiger partial charge is 0.534 e. The number of methoxy groups -OCH3 is 1. The van der Waals surface area contributed by atoms with Crippen LogP contribution in [0.15, 0.2) is 54.7 Å². The van der Waals surface area contributed by atoms with E-state index in [2.05, 4.69) is 30.8 Å². The lowest BCUT2D eigenvalue weighted by atomic mass is 10.1. The number of aryl methyl sites for hydroxylation is 1. The van der Waals surface area contributed by atoms with Gasteiger partial charge < -0.3 is 54.2 Å². The van der Waals surface area contributed by atoms with Crippen molar-refractivity contribution in [1.82, 2.24) is 41.0 Å². The average molecular weight is 1080 g/mol. The fraction of sp³-hybridized carbons (Fsp3) is 0.468. The first kappa shape index (κ1) is 58.7. The van der Waals surface area contributed by atoms with Crippen molar-refractivity contribution in [2.75, 3.05) is 66.4 Å². The Bertz CT molecular complexity index is 2620. The maximum atomic E-state index is 13.4. The maximum absolute atomic E-state index is 13.4. The molecule has 5 rings (SSSR count). The summed E-state index contributed by atoms with van der Waals surface area (Å²) in [6, 6.07) is 10.0. The number of carbonyl (C=O) groups excluding carboxylic acids is 5. The molecule has 76 heavy (non-hydrogen) atoms. The van der Waals surface area contributed by atoms with Crippen molar-refractivity contribution >= 4 is 41.6 Å². The Kier molecular flexibility index (Phi) is 22.9. The Morgan fingerprint density at radius 2 is 1.59 bits per heavy atom. The molecule has 0 aliphatic carbocycles. The van der Waals surface area contributed by atoms with Crippen LogP contribution in [0.3, 0.4) is 0 Å². The summed E-state index contributed by atoms with van der Waals surface area (Å²) in [7, 11) is 1.30. The average Bonchev–Trinajstić information content (AvgIpc) is 3.98. The van der Waals surface area contributed by atoms with Crippen LogP contribution in [0.2, 0.25) is 0 Å². The molecule has 2 aromatic heterocycles. The number of pyridine rings is 1. The highest BCUT2D eigenvalue weighted by molar-refractivity contribution is 6.01. The summed E-state index contributed by atoms with van der Waals surface area (Å²) in [5.41, 5.74) is -0.868. The van der Waals surface area contributed by atoms with Crippen LogP contribution in [0.4, 0.5) is 28.4 Å². The van der Waals surface area contributed by atoms with E-state index >= 15 is 0 Å². The standard InChI is InChI=1S/C47H56F3N9O17/c1-30(74-46(66)76-58-42(61)11-12-43(58)62)35-26-37(69-2)38(27-36(35)59(67)68)73-16-6-10-40(60)51-14-17-70-19-21-72-22-20-71-18-15-57-29-33(55-56-57)8-3-4-13-52-44(63)32-7-5-9-34(25-32)75-41-24-31(28-53-45(64)65)23-39(54-41)47(48,49)50/h5,7,9,23-27,29-30,53H,3-4,6,8,10-22,28H2,1-2H3,(H,51,60)(H,52,63)(H,64,65). The zero-order valence-corrected chi connectivity index (χ0v) is 41.3. The molecule has 0 saturated carbocycles. The molecule has 5 amide bonds. The van der Waals surface area contributed by atoms with E-state index in [-0.39, 0.29) is 97.0 Å². The van der Waals surface area contributed by atoms with Gasteiger partial charge in [-0.1, -0.05) is 16.3 Å². The molecule has 0 spiro atoms. The first-order valence-electron chi connectivity index (χ1n) is 23.6. The molecule has 1 unspecified atom stereocenters. The number of hydrogen-bond acceptors (Lipinski definition) is 19. The van der Waals surface area contributed by atoms with Gasteiger partial charge in [0.1, 0.15) is 17.5 Å². The van der Waals surface area contributed by atoms with E-state index < -0.39 is 71.0 Å². The van der Waals surface area contributed by atoms with E-state index in [1.165, 1.54) is 50.4 Å².